The van der Waals surface area contributed by atoms with Gasteiger partial charge in [-0.2, -0.15) is 0 Å². The molecule has 1 aromatic rings. The number of fused-ring (bicyclic) bond motifs is 1. The number of rotatable bonds is 3. The largest absolute Gasteiger partial charge is 0.508 e. The van der Waals surface area contributed by atoms with Crippen LogP contribution in [0, 0.1) is 0 Å². The summed E-state index contributed by atoms with van der Waals surface area (Å²) in [4.78, 5) is 13.2. The molecule has 0 spiro atoms. The van der Waals surface area contributed by atoms with Gasteiger partial charge in [-0.15, -0.1) is 0 Å². The van der Waals surface area contributed by atoms with Crippen molar-refractivity contribution < 1.29 is 19.7 Å². The van der Waals surface area contributed by atoms with Crippen LogP contribution in [0.2, 0.25) is 0 Å². The number of carbonyl (C=O) groups is 1. The lowest BCUT2D eigenvalue weighted by atomic mass is 10.2. The van der Waals surface area contributed by atoms with Crippen LogP contribution in [0.5, 0.6) is 11.5 Å². The molecule has 1 aliphatic rings. The number of ether oxygens (including phenoxy) is 1. The van der Waals surface area contributed by atoms with Crippen molar-refractivity contribution in [1.29, 1.82) is 0 Å². The molecule has 0 aromatic heterocycles. The smallest absolute Gasteiger partial charge is 0.265 e. The molecule has 5 nitrogen and oxygen atoms in total. The number of aromatic hydroxyl groups is 1. The predicted molar refractivity (Wildman–Crippen MR) is 57.7 cm³/mol. The number of hydrogen-bond donors (Lipinski definition) is 2. The highest BCUT2D eigenvalue weighted by Gasteiger charge is 2.25. The van der Waals surface area contributed by atoms with Crippen LogP contribution in [0.3, 0.4) is 0 Å². The van der Waals surface area contributed by atoms with Crippen LogP contribution in [0.25, 0.3) is 0 Å². The molecule has 0 saturated carbocycles. The van der Waals surface area contributed by atoms with Gasteiger partial charge >= 0.3 is 0 Å². The zero-order valence-corrected chi connectivity index (χ0v) is 8.72. The first kappa shape index (κ1) is 10.8. The van der Waals surface area contributed by atoms with E-state index in [0.717, 1.165) is 0 Å². The molecule has 0 saturated heterocycles. The first-order chi connectivity index (χ1) is 7.72. The average Bonchev–Trinajstić information content (AvgIpc) is 2.28. The molecular weight excluding hydrogens is 210 g/mol. The normalized spacial score (nSPS) is 14.6. The van der Waals surface area contributed by atoms with E-state index >= 15 is 0 Å². The molecule has 1 heterocycles. The fraction of sp³-hybridized carbons (Fsp3) is 0.364. The van der Waals surface area contributed by atoms with Crippen molar-refractivity contribution in [3.05, 3.63) is 18.2 Å². The van der Waals surface area contributed by atoms with E-state index < -0.39 is 0 Å². The predicted octanol–water partition coefficient (Wildman–Crippen LogP) is 0.500. The first-order valence-electron chi connectivity index (χ1n) is 5.09. The second kappa shape index (κ2) is 4.40. The number of phenols is 1. The summed E-state index contributed by atoms with van der Waals surface area (Å²) in [5.41, 5.74) is 0.641. The number of phenolic OH excluding ortho intramolecular Hbond substituents is 1. The Hall–Kier alpha value is -1.75. The maximum atomic E-state index is 11.6. The number of hydrogen-bond acceptors (Lipinski definition) is 4. The Labute approximate surface area is 92.9 Å². The number of nitrogens with zero attached hydrogens (tertiary/aromatic N) is 1. The third-order valence-electron chi connectivity index (χ3n) is 2.43. The van der Waals surface area contributed by atoms with E-state index in [1.54, 1.807) is 11.0 Å². The van der Waals surface area contributed by atoms with Crippen molar-refractivity contribution in [2.75, 3.05) is 24.7 Å². The summed E-state index contributed by atoms with van der Waals surface area (Å²) in [7, 11) is 0. The van der Waals surface area contributed by atoms with Gasteiger partial charge in [0, 0.05) is 19.2 Å². The van der Waals surface area contributed by atoms with Gasteiger partial charge in [0.1, 0.15) is 11.5 Å². The summed E-state index contributed by atoms with van der Waals surface area (Å²) in [5, 5.41) is 18.1. The fourth-order valence-electron chi connectivity index (χ4n) is 1.67. The SMILES string of the molecule is O=C1COc2cc(O)ccc2N1CCCO. The molecule has 0 fully saturated rings. The number of aliphatic hydroxyl groups is 1. The van der Waals surface area contributed by atoms with E-state index in [2.05, 4.69) is 0 Å². The van der Waals surface area contributed by atoms with Crippen LogP contribution in [-0.2, 0) is 4.79 Å². The molecule has 86 valence electrons. The molecular formula is C11H13NO4. The maximum Gasteiger partial charge on any atom is 0.265 e. The highest BCUT2D eigenvalue weighted by molar-refractivity contribution is 5.97. The summed E-state index contributed by atoms with van der Waals surface area (Å²) in [6.45, 7) is 0.469. The molecule has 0 radical (unpaired) electrons. The molecule has 0 aliphatic carbocycles. The number of anilines is 1. The van der Waals surface area contributed by atoms with E-state index in [1.165, 1.54) is 12.1 Å². The minimum absolute atomic E-state index is 0.0259. The van der Waals surface area contributed by atoms with Crippen LogP contribution < -0.4 is 9.64 Å². The van der Waals surface area contributed by atoms with Crippen molar-refractivity contribution in [3.8, 4) is 11.5 Å². The zero-order valence-electron chi connectivity index (χ0n) is 8.72. The molecule has 1 amide bonds. The topological polar surface area (TPSA) is 70.0 Å². The van der Waals surface area contributed by atoms with E-state index in [0.29, 0.717) is 24.4 Å². The van der Waals surface area contributed by atoms with Crippen LogP contribution in [-0.4, -0.2) is 35.9 Å². The van der Waals surface area contributed by atoms with Crippen molar-refractivity contribution in [2.24, 2.45) is 0 Å². The van der Waals surface area contributed by atoms with Crippen molar-refractivity contribution in [3.63, 3.8) is 0 Å². The summed E-state index contributed by atoms with van der Waals surface area (Å²) in [5.74, 6) is 0.472. The summed E-state index contributed by atoms with van der Waals surface area (Å²) < 4.78 is 5.21. The first-order valence-corrected chi connectivity index (χ1v) is 5.09. The lowest BCUT2D eigenvalue weighted by Gasteiger charge is -2.29. The lowest BCUT2D eigenvalue weighted by Crippen LogP contribution is -2.39. The van der Waals surface area contributed by atoms with Gasteiger partial charge in [-0.3, -0.25) is 4.79 Å². The second-order valence-corrected chi connectivity index (χ2v) is 3.56. The van der Waals surface area contributed by atoms with Gasteiger partial charge in [-0.1, -0.05) is 0 Å². The van der Waals surface area contributed by atoms with E-state index in [9.17, 15) is 9.90 Å². The highest BCUT2D eigenvalue weighted by atomic mass is 16.5. The Balaban J connectivity index is 2.29. The number of amides is 1. The van der Waals surface area contributed by atoms with Gasteiger partial charge in [0.15, 0.2) is 6.61 Å². The number of aliphatic hydroxyl groups excluding tert-OH is 1. The Bertz CT molecular complexity index is 405. The molecule has 2 rings (SSSR count). The molecule has 1 aromatic carbocycles. The number of carbonyl (C=O) groups excluding carboxylic acids is 1. The maximum absolute atomic E-state index is 11.6. The Morgan fingerprint density at radius 3 is 3.00 bits per heavy atom. The van der Waals surface area contributed by atoms with Gasteiger partial charge in [0.2, 0.25) is 0 Å². The van der Waals surface area contributed by atoms with Gasteiger partial charge in [-0.25, -0.2) is 0 Å². The van der Waals surface area contributed by atoms with Crippen molar-refractivity contribution in [2.45, 2.75) is 6.42 Å². The van der Waals surface area contributed by atoms with Crippen LogP contribution >= 0.6 is 0 Å². The van der Waals surface area contributed by atoms with E-state index in [4.69, 9.17) is 9.84 Å². The lowest BCUT2D eigenvalue weighted by molar-refractivity contribution is -0.121. The third-order valence-corrected chi connectivity index (χ3v) is 2.43. The van der Waals surface area contributed by atoms with Gasteiger partial charge in [0.25, 0.3) is 5.91 Å². The summed E-state index contributed by atoms with van der Waals surface area (Å²) >= 11 is 0. The highest BCUT2D eigenvalue weighted by Crippen LogP contribution is 2.34. The third kappa shape index (κ3) is 1.94. The quantitative estimate of drug-likeness (QED) is 0.782. The minimum Gasteiger partial charge on any atom is -0.508 e. The van der Waals surface area contributed by atoms with Gasteiger partial charge in [0.05, 0.1) is 5.69 Å². The van der Waals surface area contributed by atoms with Crippen molar-refractivity contribution in [1.82, 2.24) is 0 Å². The molecule has 0 atom stereocenters. The Morgan fingerprint density at radius 1 is 1.44 bits per heavy atom. The monoisotopic (exact) mass is 223 g/mol. The minimum atomic E-state index is -0.133. The van der Waals surface area contributed by atoms with Gasteiger partial charge in [-0.05, 0) is 18.6 Å². The molecule has 2 N–H and O–H groups in total. The van der Waals surface area contributed by atoms with Gasteiger partial charge < -0.3 is 19.8 Å². The average molecular weight is 223 g/mol. The Morgan fingerprint density at radius 2 is 2.25 bits per heavy atom. The van der Waals surface area contributed by atoms with Crippen LogP contribution in [0.15, 0.2) is 18.2 Å². The molecule has 0 bridgehead atoms. The second-order valence-electron chi connectivity index (χ2n) is 3.56. The zero-order chi connectivity index (χ0) is 11.5. The van der Waals surface area contributed by atoms with Crippen LogP contribution in [0.1, 0.15) is 6.42 Å². The number of benzene rings is 1. The molecule has 16 heavy (non-hydrogen) atoms. The standard InChI is InChI=1S/C11H13NO4/c13-5-1-4-12-9-3-2-8(14)6-10(9)16-7-11(12)15/h2-3,6,13-14H,1,4-5,7H2. The molecule has 5 heteroatoms. The van der Waals surface area contributed by atoms with Crippen LogP contribution in [0.4, 0.5) is 5.69 Å². The molecule has 0 unspecified atom stereocenters. The van der Waals surface area contributed by atoms with E-state index in [1.807, 2.05) is 0 Å². The fourth-order valence-corrected chi connectivity index (χ4v) is 1.67. The summed E-state index contributed by atoms with van der Waals surface area (Å²) in [6.07, 6.45) is 0.520. The van der Waals surface area contributed by atoms with Crippen molar-refractivity contribution >= 4 is 11.6 Å². The molecule has 1 aliphatic heterocycles. The van der Waals surface area contributed by atoms with E-state index in [-0.39, 0.29) is 24.9 Å². The summed E-state index contributed by atoms with van der Waals surface area (Å²) in [6, 6.07) is 4.62. The Kier molecular flexibility index (Phi) is 2.96.